The summed E-state index contributed by atoms with van der Waals surface area (Å²) in [5, 5.41) is 20.2. The number of ether oxygens (including phenoxy) is 4. The van der Waals surface area contributed by atoms with Crippen LogP contribution in [0.3, 0.4) is 0 Å². The molecule has 0 amide bonds. The van der Waals surface area contributed by atoms with Crippen LogP contribution in [-0.4, -0.2) is 62.6 Å². The number of methoxy groups -OCH3 is 3. The Labute approximate surface area is 142 Å². The Morgan fingerprint density at radius 3 is 2.29 bits per heavy atom. The predicted octanol–water partition coefficient (Wildman–Crippen LogP) is 1.29. The molecule has 1 aliphatic rings. The van der Waals surface area contributed by atoms with Gasteiger partial charge in [-0.1, -0.05) is 18.2 Å². The van der Waals surface area contributed by atoms with Gasteiger partial charge in [-0.3, -0.25) is 0 Å². The van der Waals surface area contributed by atoms with Crippen molar-refractivity contribution in [3.8, 4) is 5.75 Å². The molecule has 0 spiro atoms. The molecule has 0 saturated heterocycles. The zero-order chi connectivity index (χ0) is 17.5. The largest absolute Gasteiger partial charge is 0.497 e. The summed E-state index contributed by atoms with van der Waals surface area (Å²) in [6, 6.07) is 7.65. The molecule has 24 heavy (non-hydrogen) atoms. The SMILES string of the molecule is COc1ccc(COCC2=C[C@H](O)[C@H](O)[C@@H](OC)[C@@H](OC)C2)cc1. The molecule has 0 aliphatic heterocycles. The fourth-order valence-electron chi connectivity index (χ4n) is 2.83. The lowest BCUT2D eigenvalue weighted by molar-refractivity contribution is -0.116. The molecule has 1 aromatic carbocycles. The first-order valence-electron chi connectivity index (χ1n) is 7.91. The highest BCUT2D eigenvalue weighted by Crippen LogP contribution is 2.24. The van der Waals surface area contributed by atoms with E-state index in [-0.39, 0.29) is 6.10 Å². The van der Waals surface area contributed by atoms with Gasteiger partial charge in [0.1, 0.15) is 24.1 Å². The van der Waals surface area contributed by atoms with Crippen LogP contribution < -0.4 is 4.74 Å². The summed E-state index contributed by atoms with van der Waals surface area (Å²) < 4.78 is 21.5. The molecule has 0 fully saturated rings. The maximum Gasteiger partial charge on any atom is 0.118 e. The topological polar surface area (TPSA) is 77.4 Å². The summed E-state index contributed by atoms with van der Waals surface area (Å²) in [4.78, 5) is 0. The lowest BCUT2D eigenvalue weighted by atomic mass is 10.0. The smallest absolute Gasteiger partial charge is 0.118 e. The monoisotopic (exact) mass is 338 g/mol. The maximum atomic E-state index is 10.1. The normalized spacial score (nSPS) is 27.5. The lowest BCUT2D eigenvalue weighted by Gasteiger charge is -2.28. The molecule has 2 rings (SSSR count). The minimum atomic E-state index is -1.03. The van der Waals surface area contributed by atoms with Gasteiger partial charge in [0.15, 0.2) is 0 Å². The van der Waals surface area contributed by atoms with Gasteiger partial charge in [-0.25, -0.2) is 0 Å². The first-order valence-corrected chi connectivity index (χ1v) is 7.91. The van der Waals surface area contributed by atoms with Crippen LogP contribution in [0.5, 0.6) is 5.75 Å². The number of aliphatic hydroxyl groups is 2. The third-order valence-corrected chi connectivity index (χ3v) is 4.21. The van der Waals surface area contributed by atoms with Gasteiger partial charge in [0, 0.05) is 14.2 Å². The number of aliphatic hydroxyl groups excluding tert-OH is 2. The standard InChI is InChI=1S/C18H26O6/c1-21-14-6-4-12(5-7-14)10-24-11-13-8-15(19)17(20)18(23-3)16(9-13)22-2/h4-8,15-20H,9-11H2,1-3H3/t15-,16-,17-,18-/m0/s1. The van der Waals surface area contributed by atoms with Crippen LogP contribution >= 0.6 is 0 Å². The molecule has 6 heteroatoms. The van der Waals surface area contributed by atoms with Crippen molar-refractivity contribution in [3.05, 3.63) is 41.5 Å². The molecule has 0 heterocycles. The van der Waals surface area contributed by atoms with E-state index < -0.39 is 18.3 Å². The Hall–Kier alpha value is -1.44. The van der Waals surface area contributed by atoms with Crippen molar-refractivity contribution in [2.75, 3.05) is 27.9 Å². The maximum absolute atomic E-state index is 10.1. The summed E-state index contributed by atoms with van der Waals surface area (Å²) >= 11 is 0. The number of hydrogen-bond donors (Lipinski definition) is 2. The van der Waals surface area contributed by atoms with E-state index in [9.17, 15) is 10.2 Å². The van der Waals surface area contributed by atoms with Crippen molar-refractivity contribution < 1.29 is 29.2 Å². The van der Waals surface area contributed by atoms with Gasteiger partial charge in [-0.15, -0.1) is 0 Å². The van der Waals surface area contributed by atoms with Crippen LogP contribution in [0.4, 0.5) is 0 Å². The van der Waals surface area contributed by atoms with Gasteiger partial charge in [0.05, 0.1) is 26.4 Å². The quantitative estimate of drug-likeness (QED) is 0.730. The molecular formula is C18H26O6. The van der Waals surface area contributed by atoms with Crippen molar-refractivity contribution in [2.45, 2.75) is 37.4 Å². The van der Waals surface area contributed by atoms with Crippen LogP contribution in [0, 0.1) is 0 Å². The Bertz CT molecular complexity index is 527. The highest BCUT2D eigenvalue weighted by molar-refractivity contribution is 5.26. The van der Waals surface area contributed by atoms with Crippen molar-refractivity contribution >= 4 is 0 Å². The highest BCUT2D eigenvalue weighted by atomic mass is 16.5. The minimum absolute atomic E-state index is 0.335. The zero-order valence-electron chi connectivity index (χ0n) is 14.3. The van der Waals surface area contributed by atoms with E-state index in [4.69, 9.17) is 18.9 Å². The van der Waals surface area contributed by atoms with Gasteiger partial charge < -0.3 is 29.2 Å². The molecule has 0 radical (unpaired) electrons. The fourth-order valence-corrected chi connectivity index (χ4v) is 2.83. The summed E-state index contributed by atoms with van der Waals surface area (Å²) in [6.07, 6.45) is -0.790. The van der Waals surface area contributed by atoms with Crippen LogP contribution in [0.25, 0.3) is 0 Å². The summed E-state index contributed by atoms with van der Waals surface area (Å²) in [7, 11) is 4.69. The summed E-state index contributed by atoms with van der Waals surface area (Å²) in [6.45, 7) is 0.803. The Morgan fingerprint density at radius 1 is 1.00 bits per heavy atom. The van der Waals surface area contributed by atoms with Crippen molar-refractivity contribution in [3.63, 3.8) is 0 Å². The van der Waals surface area contributed by atoms with Gasteiger partial charge in [-0.05, 0) is 29.7 Å². The Morgan fingerprint density at radius 2 is 1.71 bits per heavy atom. The number of hydrogen-bond acceptors (Lipinski definition) is 6. The van der Waals surface area contributed by atoms with Crippen molar-refractivity contribution in [2.24, 2.45) is 0 Å². The third-order valence-electron chi connectivity index (χ3n) is 4.21. The molecule has 0 aromatic heterocycles. The molecular weight excluding hydrogens is 312 g/mol. The van der Waals surface area contributed by atoms with E-state index in [1.54, 1.807) is 20.3 Å². The van der Waals surface area contributed by atoms with Crippen LogP contribution in [0.2, 0.25) is 0 Å². The molecule has 4 atom stereocenters. The minimum Gasteiger partial charge on any atom is -0.497 e. The van der Waals surface area contributed by atoms with Crippen LogP contribution in [0.1, 0.15) is 12.0 Å². The van der Waals surface area contributed by atoms with Crippen LogP contribution in [0.15, 0.2) is 35.9 Å². The molecule has 0 unspecified atom stereocenters. The second-order valence-corrected chi connectivity index (χ2v) is 5.83. The molecule has 1 aliphatic carbocycles. The molecule has 2 N–H and O–H groups in total. The lowest BCUT2D eigenvalue weighted by Crippen LogP contribution is -2.44. The first-order chi connectivity index (χ1) is 11.6. The zero-order valence-corrected chi connectivity index (χ0v) is 14.3. The van der Waals surface area contributed by atoms with E-state index in [0.29, 0.717) is 19.6 Å². The fraction of sp³-hybridized carbons (Fsp3) is 0.556. The summed E-state index contributed by atoms with van der Waals surface area (Å²) in [5.41, 5.74) is 1.91. The second kappa shape index (κ2) is 9.15. The van der Waals surface area contributed by atoms with E-state index in [2.05, 4.69) is 0 Å². The Balaban J connectivity index is 1.93. The van der Waals surface area contributed by atoms with Gasteiger partial charge in [0.25, 0.3) is 0 Å². The predicted molar refractivity (Wildman–Crippen MR) is 89.0 cm³/mol. The second-order valence-electron chi connectivity index (χ2n) is 5.83. The number of rotatable bonds is 7. The van der Waals surface area contributed by atoms with Crippen molar-refractivity contribution in [1.29, 1.82) is 0 Å². The van der Waals surface area contributed by atoms with E-state index in [1.807, 2.05) is 24.3 Å². The molecule has 0 saturated carbocycles. The molecule has 1 aromatic rings. The molecule has 0 bridgehead atoms. The van der Waals surface area contributed by atoms with E-state index in [1.165, 1.54) is 7.11 Å². The van der Waals surface area contributed by atoms with Crippen molar-refractivity contribution in [1.82, 2.24) is 0 Å². The molecule has 6 nitrogen and oxygen atoms in total. The third kappa shape index (κ3) is 4.78. The van der Waals surface area contributed by atoms with E-state index in [0.717, 1.165) is 16.9 Å². The highest BCUT2D eigenvalue weighted by Gasteiger charge is 2.35. The average Bonchev–Trinajstić information content (AvgIpc) is 2.72. The average molecular weight is 338 g/mol. The van der Waals surface area contributed by atoms with Gasteiger partial charge >= 0.3 is 0 Å². The van der Waals surface area contributed by atoms with Gasteiger partial charge in [0.2, 0.25) is 0 Å². The number of benzene rings is 1. The summed E-state index contributed by atoms with van der Waals surface area (Å²) in [5.74, 6) is 0.802. The van der Waals surface area contributed by atoms with Crippen LogP contribution in [-0.2, 0) is 20.8 Å². The molecule has 134 valence electrons. The Kier molecular flexibility index (Phi) is 7.20. The van der Waals surface area contributed by atoms with Gasteiger partial charge in [-0.2, -0.15) is 0 Å². The van der Waals surface area contributed by atoms with E-state index >= 15 is 0 Å². The first kappa shape index (κ1) is 18.9.